The molecule has 0 aromatic rings. The maximum atomic E-state index is 11.3. The maximum absolute atomic E-state index is 11.3. The van der Waals surface area contributed by atoms with Gasteiger partial charge in [-0.2, -0.15) is 0 Å². The summed E-state index contributed by atoms with van der Waals surface area (Å²) in [5.74, 6) is 0.0337. The number of nitrogens with one attached hydrogen (secondary N) is 2. The van der Waals surface area contributed by atoms with Gasteiger partial charge in [-0.3, -0.25) is 4.79 Å². The Labute approximate surface area is 89.6 Å². The molecule has 1 heterocycles. The molecule has 2 N–H and O–H groups in total. The molecule has 0 aromatic carbocycles. The molecule has 0 spiro atoms. The molecular weight excluding hydrogens is 196 g/mol. The minimum Gasteiger partial charge on any atom is -0.442 e. The molecule has 1 aliphatic heterocycles. The first kappa shape index (κ1) is 11.8. The molecule has 2 amide bonds. The zero-order chi connectivity index (χ0) is 11.1. The van der Waals surface area contributed by atoms with E-state index < -0.39 is 6.09 Å². The van der Waals surface area contributed by atoms with Gasteiger partial charge >= 0.3 is 6.09 Å². The van der Waals surface area contributed by atoms with Crippen molar-refractivity contribution >= 4 is 12.0 Å². The number of rotatable bonds is 6. The van der Waals surface area contributed by atoms with Gasteiger partial charge in [0.25, 0.3) is 0 Å². The third-order valence-corrected chi connectivity index (χ3v) is 2.28. The SMILES string of the molecule is CCCCCC(=O)NCC1CNC(=O)O1. The molecule has 1 atom stereocenters. The molecule has 0 aromatic heterocycles. The Morgan fingerprint density at radius 2 is 2.40 bits per heavy atom. The molecule has 0 saturated carbocycles. The van der Waals surface area contributed by atoms with Crippen LogP contribution in [0.25, 0.3) is 0 Å². The van der Waals surface area contributed by atoms with Crippen molar-refractivity contribution in [2.75, 3.05) is 13.1 Å². The van der Waals surface area contributed by atoms with Crippen LogP contribution in [0.15, 0.2) is 0 Å². The van der Waals surface area contributed by atoms with Crippen molar-refractivity contribution in [3.63, 3.8) is 0 Å². The van der Waals surface area contributed by atoms with E-state index in [2.05, 4.69) is 17.6 Å². The highest BCUT2D eigenvalue weighted by molar-refractivity contribution is 5.76. The second-order valence-corrected chi connectivity index (χ2v) is 3.67. The van der Waals surface area contributed by atoms with Gasteiger partial charge in [-0.25, -0.2) is 4.79 Å². The van der Waals surface area contributed by atoms with E-state index in [9.17, 15) is 9.59 Å². The zero-order valence-electron chi connectivity index (χ0n) is 9.04. The fourth-order valence-electron chi connectivity index (χ4n) is 1.40. The third-order valence-electron chi connectivity index (χ3n) is 2.28. The zero-order valence-corrected chi connectivity index (χ0v) is 9.04. The Balaban J connectivity index is 2.03. The quantitative estimate of drug-likeness (QED) is 0.642. The van der Waals surface area contributed by atoms with Gasteiger partial charge in [0.15, 0.2) is 0 Å². The number of carbonyl (C=O) groups excluding carboxylic acids is 2. The summed E-state index contributed by atoms with van der Waals surface area (Å²) < 4.78 is 4.87. The van der Waals surface area contributed by atoms with Crippen LogP contribution in [0.1, 0.15) is 32.6 Å². The Hall–Kier alpha value is -1.26. The number of hydrogen-bond acceptors (Lipinski definition) is 3. The highest BCUT2D eigenvalue weighted by Gasteiger charge is 2.22. The van der Waals surface area contributed by atoms with Crippen LogP contribution in [0.5, 0.6) is 0 Å². The van der Waals surface area contributed by atoms with Crippen LogP contribution in [0.3, 0.4) is 0 Å². The smallest absolute Gasteiger partial charge is 0.407 e. The van der Waals surface area contributed by atoms with Crippen LogP contribution >= 0.6 is 0 Å². The second-order valence-electron chi connectivity index (χ2n) is 3.67. The summed E-state index contributed by atoms with van der Waals surface area (Å²) in [7, 11) is 0. The number of carbonyl (C=O) groups is 2. The second kappa shape index (κ2) is 6.27. The molecule has 0 aliphatic carbocycles. The largest absolute Gasteiger partial charge is 0.442 e. The summed E-state index contributed by atoms with van der Waals surface area (Å²) in [6.45, 7) is 2.99. The van der Waals surface area contributed by atoms with Crippen LogP contribution in [-0.2, 0) is 9.53 Å². The van der Waals surface area contributed by atoms with Gasteiger partial charge in [0.2, 0.25) is 5.91 Å². The van der Waals surface area contributed by atoms with Crippen molar-refractivity contribution < 1.29 is 14.3 Å². The van der Waals surface area contributed by atoms with Crippen LogP contribution in [0, 0.1) is 0 Å². The normalized spacial score (nSPS) is 19.5. The number of ether oxygens (including phenoxy) is 1. The van der Waals surface area contributed by atoms with Crippen molar-refractivity contribution in [2.24, 2.45) is 0 Å². The van der Waals surface area contributed by atoms with E-state index in [0.29, 0.717) is 19.5 Å². The number of hydrogen-bond donors (Lipinski definition) is 2. The van der Waals surface area contributed by atoms with Gasteiger partial charge in [-0.05, 0) is 6.42 Å². The van der Waals surface area contributed by atoms with Gasteiger partial charge in [-0.15, -0.1) is 0 Å². The number of alkyl carbamates (subject to hydrolysis) is 1. The van der Waals surface area contributed by atoms with E-state index in [-0.39, 0.29) is 12.0 Å². The summed E-state index contributed by atoms with van der Waals surface area (Å²) in [5.41, 5.74) is 0. The minimum atomic E-state index is -0.403. The molecular formula is C10H18N2O3. The number of amides is 2. The monoisotopic (exact) mass is 214 g/mol. The Morgan fingerprint density at radius 1 is 1.60 bits per heavy atom. The van der Waals surface area contributed by atoms with E-state index >= 15 is 0 Å². The summed E-state index contributed by atoms with van der Waals surface area (Å²) in [4.78, 5) is 21.9. The molecule has 1 saturated heterocycles. The van der Waals surface area contributed by atoms with Gasteiger partial charge in [0.05, 0.1) is 13.1 Å². The van der Waals surface area contributed by atoms with Gasteiger partial charge in [0, 0.05) is 6.42 Å². The summed E-state index contributed by atoms with van der Waals surface area (Å²) in [5, 5.41) is 5.28. The first-order valence-electron chi connectivity index (χ1n) is 5.43. The lowest BCUT2D eigenvalue weighted by Crippen LogP contribution is -2.33. The third kappa shape index (κ3) is 4.67. The topological polar surface area (TPSA) is 67.4 Å². The lowest BCUT2D eigenvalue weighted by Gasteiger charge is -2.09. The summed E-state index contributed by atoms with van der Waals surface area (Å²) in [6.07, 6.45) is 3.05. The first-order valence-corrected chi connectivity index (χ1v) is 5.43. The van der Waals surface area contributed by atoms with Gasteiger partial charge in [0.1, 0.15) is 6.10 Å². The van der Waals surface area contributed by atoms with Crippen molar-refractivity contribution in [3.8, 4) is 0 Å². The molecule has 1 unspecified atom stereocenters. The molecule has 15 heavy (non-hydrogen) atoms. The van der Waals surface area contributed by atoms with E-state index in [4.69, 9.17) is 4.74 Å². The van der Waals surface area contributed by atoms with E-state index in [1.807, 2.05) is 0 Å². The van der Waals surface area contributed by atoms with E-state index in [1.165, 1.54) is 0 Å². The number of unbranched alkanes of at least 4 members (excludes halogenated alkanes) is 2. The van der Waals surface area contributed by atoms with Gasteiger partial charge in [-0.1, -0.05) is 19.8 Å². The predicted octanol–water partition coefficient (Wildman–Crippen LogP) is 0.791. The highest BCUT2D eigenvalue weighted by atomic mass is 16.6. The summed E-state index contributed by atoms with van der Waals surface area (Å²) >= 11 is 0. The lowest BCUT2D eigenvalue weighted by molar-refractivity contribution is -0.121. The van der Waals surface area contributed by atoms with E-state index in [1.54, 1.807) is 0 Å². The van der Waals surface area contributed by atoms with Crippen LogP contribution in [0.2, 0.25) is 0 Å². The maximum Gasteiger partial charge on any atom is 0.407 e. The van der Waals surface area contributed by atoms with Gasteiger partial charge < -0.3 is 15.4 Å². The molecule has 5 heteroatoms. The van der Waals surface area contributed by atoms with Crippen molar-refractivity contribution in [1.82, 2.24) is 10.6 Å². The highest BCUT2D eigenvalue weighted by Crippen LogP contribution is 2.00. The Bertz CT molecular complexity index is 231. The first-order chi connectivity index (χ1) is 7.22. The standard InChI is InChI=1S/C10H18N2O3/c1-2-3-4-5-9(13)11-6-8-7-12-10(14)15-8/h8H,2-7H2,1H3,(H,11,13)(H,12,14). The van der Waals surface area contributed by atoms with Crippen LogP contribution < -0.4 is 10.6 Å². The van der Waals surface area contributed by atoms with Crippen LogP contribution in [-0.4, -0.2) is 31.2 Å². The van der Waals surface area contributed by atoms with Crippen molar-refractivity contribution in [2.45, 2.75) is 38.7 Å². The molecule has 1 aliphatic rings. The van der Waals surface area contributed by atoms with Crippen LogP contribution in [0.4, 0.5) is 4.79 Å². The average molecular weight is 214 g/mol. The minimum absolute atomic E-state index is 0.0337. The van der Waals surface area contributed by atoms with Crippen molar-refractivity contribution in [1.29, 1.82) is 0 Å². The lowest BCUT2D eigenvalue weighted by atomic mass is 10.2. The average Bonchev–Trinajstić information content (AvgIpc) is 2.62. The molecule has 0 bridgehead atoms. The molecule has 1 fully saturated rings. The Kier molecular flexibility index (Phi) is 4.93. The van der Waals surface area contributed by atoms with Crippen molar-refractivity contribution in [3.05, 3.63) is 0 Å². The molecule has 86 valence electrons. The Morgan fingerprint density at radius 3 is 3.00 bits per heavy atom. The molecule has 5 nitrogen and oxygen atoms in total. The number of cyclic esters (lactones) is 1. The van der Waals surface area contributed by atoms with E-state index in [0.717, 1.165) is 19.3 Å². The fourth-order valence-corrected chi connectivity index (χ4v) is 1.40. The predicted molar refractivity (Wildman–Crippen MR) is 55.4 cm³/mol. The summed E-state index contributed by atoms with van der Waals surface area (Å²) in [6, 6.07) is 0. The fraction of sp³-hybridized carbons (Fsp3) is 0.800. The molecule has 1 rings (SSSR count). The molecule has 0 radical (unpaired) electrons.